The van der Waals surface area contributed by atoms with E-state index >= 15 is 0 Å². The fourth-order valence-corrected chi connectivity index (χ4v) is 2.73. The third kappa shape index (κ3) is 3.08. The number of nitrogens with zero attached hydrogens (tertiary/aromatic N) is 4. The Morgan fingerprint density at radius 1 is 1.16 bits per heavy atom. The molecule has 0 spiro atoms. The van der Waals surface area contributed by atoms with E-state index in [1.807, 2.05) is 24.5 Å². The van der Waals surface area contributed by atoms with Crippen LogP contribution < -0.4 is 4.90 Å². The number of rotatable bonds is 3. The highest BCUT2D eigenvalue weighted by Gasteiger charge is 2.21. The summed E-state index contributed by atoms with van der Waals surface area (Å²) >= 11 is 0. The Hall–Kier alpha value is -1.97. The predicted molar refractivity (Wildman–Crippen MR) is 74.9 cm³/mol. The van der Waals surface area contributed by atoms with Crippen LogP contribution in [0, 0.1) is 5.92 Å². The fourth-order valence-electron chi connectivity index (χ4n) is 2.73. The largest absolute Gasteiger partial charge is 0.356 e. The summed E-state index contributed by atoms with van der Waals surface area (Å²) in [4.78, 5) is 15.1. The molecule has 19 heavy (non-hydrogen) atoms. The Labute approximate surface area is 113 Å². The number of pyridine rings is 1. The Kier molecular flexibility index (Phi) is 3.68. The van der Waals surface area contributed by atoms with Crippen LogP contribution >= 0.6 is 0 Å². The zero-order chi connectivity index (χ0) is 12.9. The number of anilines is 1. The van der Waals surface area contributed by atoms with Gasteiger partial charge in [0.25, 0.3) is 0 Å². The molecule has 0 amide bonds. The van der Waals surface area contributed by atoms with E-state index in [2.05, 4.69) is 32.0 Å². The zero-order valence-electron chi connectivity index (χ0n) is 10.9. The van der Waals surface area contributed by atoms with Crippen LogP contribution in [0.5, 0.6) is 0 Å². The molecule has 2 aromatic heterocycles. The van der Waals surface area contributed by atoms with Gasteiger partial charge in [0.05, 0.1) is 0 Å². The van der Waals surface area contributed by atoms with Gasteiger partial charge in [-0.15, -0.1) is 0 Å². The molecule has 98 valence electrons. The van der Waals surface area contributed by atoms with E-state index in [9.17, 15) is 0 Å². The molecule has 1 unspecified atom stereocenters. The second-order valence-electron chi connectivity index (χ2n) is 5.05. The van der Waals surface area contributed by atoms with E-state index in [4.69, 9.17) is 0 Å². The third-order valence-electron chi connectivity index (χ3n) is 3.63. The van der Waals surface area contributed by atoms with Crippen molar-refractivity contribution in [3.05, 3.63) is 48.7 Å². The highest BCUT2D eigenvalue weighted by atomic mass is 15.2. The molecule has 0 aliphatic carbocycles. The Morgan fingerprint density at radius 2 is 2.16 bits per heavy atom. The lowest BCUT2D eigenvalue weighted by Gasteiger charge is -2.33. The zero-order valence-corrected chi connectivity index (χ0v) is 10.9. The first-order chi connectivity index (χ1) is 9.42. The van der Waals surface area contributed by atoms with Gasteiger partial charge in [-0.2, -0.15) is 0 Å². The molecule has 0 bridgehead atoms. The minimum atomic E-state index is 0.665. The van der Waals surface area contributed by atoms with Crippen molar-refractivity contribution in [2.24, 2.45) is 5.92 Å². The van der Waals surface area contributed by atoms with Crippen molar-refractivity contribution >= 4 is 5.82 Å². The minimum Gasteiger partial charge on any atom is -0.356 e. The maximum Gasteiger partial charge on any atom is 0.131 e. The van der Waals surface area contributed by atoms with E-state index in [0.717, 1.165) is 25.3 Å². The minimum absolute atomic E-state index is 0.665. The monoisotopic (exact) mass is 254 g/mol. The summed E-state index contributed by atoms with van der Waals surface area (Å²) in [6, 6.07) is 8.14. The van der Waals surface area contributed by atoms with Crippen LogP contribution in [0.3, 0.4) is 0 Å². The van der Waals surface area contributed by atoms with E-state index in [0.29, 0.717) is 5.92 Å². The highest BCUT2D eigenvalue weighted by Crippen LogP contribution is 2.23. The van der Waals surface area contributed by atoms with E-state index < -0.39 is 0 Å². The molecule has 0 saturated carbocycles. The smallest absolute Gasteiger partial charge is 0.131 e. The standard InChI is InChI=1S/C15H18N4/c1-2-7-17-14(5-1)10-13-4-3-9-19(11-13)15-6-8-16-12-18-15/h1-2,5-8,12-13H,3-4,9-11H2. The van der Waals surface area contributed by atoms with E-state index in [1.165, 1.54) is 18.5 Å². The normalized spacial score (nSPS) is 19.4. The van der Waals surface area contributed by atoms with Crippen molar-refractivity contribution in [3.8, 4) is 0 Å². The SMILES string of the molecule is c1ccc(CC2CCCN(c3ccncn3)C2)nc1. The molecule has 4 nitrogen and oxygen atoms in total. The van der Waals surface area contributed by atoms with Crippen molar-refractivity contribution in [3.63, 3.8) is 0 Å². The van der Waals surface area contributed by atoms with Gasteiger partial charge in [-0.3, -0.25) is 4.98 Å². The second kappa shape index (κ2) is 5.78. The first-order valence-corrected chi connectivity index (χ1v) is 6.83. The topological polar surface area (TPSA) is 41.9 Å². The number of hydrogen-bond donors (Lipinski definition) is 0. The summed E-state index contributed by atoms with van der Waals surface area (Å²) in [5, 5.41) is 0. The van der Waals surface area contributed by atoms with Crippen molar-refractivity contribution in [2.75, 3.05) is 18.0 Å². The van der Waals surface area contributed by atoms with Crippen LogP contribution in [-0.2, 0) is 6.42 Å². The molecule has 3 heterocycles. The summed E-state index contributed by atoms with van der Waals surface area (Å²) in [6.45, 7) is 2.16. The number of piperidine rings is 1. The number of hydrogen-bond acceptors (Lipinski definition) is 4. The Bertz CT molecular complexity index is 500. The van der Waals surface area contributed by atoms with Gasteiger partial charge in [0.15, 0.2) is 0 Å². The van der Waals surface area contributed by atoms with Crippen LogP contribution in [0.2, 0.25) is 0 Å². The first-order valence-electron chi connectivity index (χ1n) is 6.83. The Morgan fingerprint density at radius 3 is 2.95 bits per heavy atom. The molecule has 3 rings (SSSR count). The Balaban J connectivity index is 1.65. The highest BCUT2D eigenvalue weighted by molar-refractivity contribution is 5.37. The summed E-state index contributed by atoms with van der Waals surface area (Å²) < 4.78 is 0. The van der Waals surface area contributed by atoms with Gasteiger partial charge < -0.3 is 4.90 Å². The molecule has 0 radical (unpaired) electrons. The molecule has 1 fully saturated rings. The maximum absolute atomic E-state index is 4.43. The summed E-state index contributed by atoms with van der Waals surface area (Å²) in [5.41, 5.74) is 1.19. The quantitative estimate of drug-likeness (QED) is 0.843. The van der Waals surface area contributed by atoms with Gasteiger partial charge in [0, 0.05) is 31.2 Å². The first kappa shape index (κ1) is 12.1. The van der Waals surface area contributed by atoms with Crippen molar-refractivity contribution in [1.29, 1.82) is 0 Å². The van der Waals surface area contributed by atoms with Gasteiger partial charge in [0.1, 0.15) is 12.1 Å². The molecule has 0 aromatic carbocycles. The average Bonchev–Trinajstić information content (AvgIpc) is 2.49. The second-order valence-corrected chi connectivity index (χ2v) is 5.05. The molecule has 2 aromatic rings. The molecule has 1 aliphatic heterocycles. The molecule has 0 N–H and O–H groups in total. The van der Waals surface area contributed by atoms with Gasteiger partial charge in [0.2, 0.25) is 0 Å². The molecular formula is C15H18N4. The van der Waals surface area contributed by atoms with Crippen molar-refractivity contribution in [2.45, 2.75) is 19.3 Å². The fraction of sp³-hybridized carbons (Fsp3) is 0.400. The van der Waals surface area contributed by atoms with Crippen molar-refractivity contribution < 1.29 is 0 Å². The average molecular weight is 254 g/mol. The van der Waals surface area contributed by atoms with Crippen LogP contribution in [0.15, 0.2) is 43.0 Å². The van der Waals surface area contributed by atoms with Gasteiger partial charge in [-0.25, -0.2) is 9.97 Å². The van der Waals surface area contributed by atoms with Gasteiger partial charge in [-0.05, 0) is 43.4 Å². The van der Waals surface area contributed by atoms with E-state index in [1.54, 1.807) is 6.33 Å². The van der Waals surface area contributed by atoms with Crippen molar-refractivity contribution in [1.82, 2.24) is 15.0 Å². The molecule has 1 aliphatic rings. The van der Waals surface area contributed by atoms with Gasteiger partial charge in [-0.1, -0.05) is 6.07 Å². The summed E-state index contributed by atoms with van der Waals surface area (Å²) in [6.07, 6.45) is 8.87. The summed E-state index contributed by atoms with van der Waals surface area (Å²) in [7, 11) is 0. The summed E-state index contributed by atoms with van der Waals surface area (Å²) in [5.74, 6) is 1.71. The molecular weight excluding hydrogens is 236 g/mol. The molecule has 1 saturated heterocycles. The van der Waals surface area contributed by atoms with E-state index in [-0.39, 0.29) is 0 Å². The van der Waals surface area contributed by atoms with Crippen LogP contribution in [0.1, 0.15) is 18.5 Å². The predicted octanol–water partition coefficient (Wildman–Crippen LogP) is 2.33. The van der Waals surface area contributed by atoms with Gasteiger partial charge >= 0.3 is 0 Å². The van der Waals surface area contributed by atoms with Crippen LogP contribution in [0.4, 0.5) is 5.82 Å². The number of aromatic nitrogens is 3. The third-order valence-corrected chi connectivity index (χ3v) is 3.63. The lowest BCUT2D eigenvalue weighted by molar-refractivity contribution is 0.408. The molecule has 4 heteroatoms. The molecule has 1 atom stereocenters. The lowest BCUT2D eigenvalue weighted by atomic mass is 9.93. The lowest BCUT2D eigenvalue weighted by Crippen LogP contribution is -2.36. The van der Waals surface area contributed by atoms with Crippen LogP contribution in [0.25, 0.3) is 0 Å². The van der Waals surface area contributed by atoms with Crippen LogP contribution in [-0.4, -0.2) is 28.0 Å². The maximum atomic E-state index is 4.43.